The van der Waals surface area contributed by atoms with Crippen molar-refractivity contribution < 1.29 is 34.1 Å². The van der Waals surface area contributed by atoms with E-state index in [-0.39, 0.29) is 77.1 Å². The molecule has 6 fully saturated rings. The third-order valence-corrected chi connectivity index (χ3v) is 12.8. The van der Waals surface area contributed by atoms with Gasteiger partial charge in [0.1, 0.15) is 18.0 Å². The summed E-state index contributed by atoms with van der Waals surface area (Å²) in [5.74, 6) is -2.64. The maximum Gasteiger partial charge on any atom is 0.309 e. The Bertz CT molecular complexity index is 1150. The zero-order chi connectivity index (χ0) is 26.6. The number of aliphatic hydroxyl groups is 2. The van der Waals surface area contributed by atoms with Crippen LogP contribution in [0.5, 0.6) is 0 Å². The average molecular weight is 513 g/mol. The van der Waals surface area contributed by atoms with E-state index in [1.165, 1.54) is 0 Å². The number of ketones is 1. The molecule has 0 spiro atoms. The molecule has 2 heterocycles. The summed E-state index contributed by atoms with van der Waals surface area (Å²) < 4.78 is 12.3. The molecule has 7 nitrogen and oxygen atoms in total. The number of carbonyl (C=O) groups is 3. The number of fused-ring (bicyclic) bond motifs is 7. The number of ether oxygens (including phenoxy) is 2. The van der Waals surface area contributed by atoms with Gasteiger partial charge >= 0.3 is 11.9 Å². The molecule has 0 radical (unpaired) electrons. The van der Waals surface area contributed by atoms with Gasteiger partial charge in [-0.15, -0.1) is 0 Å². The highest BCUT2D eigenvalue weighted by atomic mass is 16.6. The molecule has 7 rings (SSSR count). The van der Waals surface area contributed by atoms with Crippen LogP contribution in [0.2, 0.25) is 0 Å². The van der Waals surface area contributed by atoms with Crippen molar-refractivity contribution in [2.24, 2.45) is 64.6 Å². The van der Waals surface area contributed by atoms with Crippen molar-refractivity contribution in [3.8, 4) is 0 Å². The van der Waals surface area contributed by atoms with Crippen molar-refractivity contribution in [2.75, 3.05) is 0 Å². The van der Waals surface area contributed by atoms with Crippen molar-refractivity contribution in [3.63, 3.8) is 0 Å². The number of carbonyl (C=O) groups excluding carboxylic acids is 3. The molecule has 2 bridgehead atoms. The smallest absolute Gasteiger partial charge is 0.309 e. The Kier molecular flexibility index (Phi) is 4.64. The van der Waals surface area contributed by atoms with Gasteiger partial charge < -0.3 is 19.7 Å². The average Bonchev–Trinajstić information content (AvgIpc) is 3.50. The van der Waals surface area contributed by atoms with Gasteiger partial charge in [0.2, 0.25) is 0 Å². The van der Waals surface area contributed by atoms with Gasteiger partial charge in [-0.05, 0) is 63.9 Å². The van der Waals surface area contributed by atoms with Crippen molar-refractivity contribution in [2.45, 2.75) is 90.6 Å². The Morgan fingerprint density at radius 1 is 0.838 bits per heavy atom. The molecule has 2 N–H and O–H groups in total. The molecule has 5 unspecified atom stereocenters. The van der Waals surface area contributed by atoms with Gasteiger partial charge in [0.25, 0.3) is 0 Å². The molecule has 0 aromatic carbocycles. The lowest BCUT2D eigenvalue weighted by molar-refractivity contribution is -0.162. The van der Waals surface area contributed by atoms with Crippen LogP contribution in [0.1, 0.15) is 67.2 Å². The van der Waals surface area contributed by atoms with Gasteiger partial charge in [0.05, 0.1) is 23.0 Å². The molecule has 37 heavy (non-hydrogen) atoms. The van der Waals surface area contributed by atoms with Gasteiger partial charge in [0, 0.05) is 40.9 Å². The molecule has 0 aromatic rings. The Labute approximate surface area is 218 Å². The quantitative estimate of drug-likeness (QED) is 0.379. The van der Waals surface area contributed by atoms with Crippen molar-refractivity contribution in [1.29, 1.82) is 0 Å². The van der Waals surface area contributed by atoms with Gasteiger partial charge in [-0.1, -0.05) is 26.3 Å². The number of esters is 2. The fraction of sp³-hybridized carbons (Fsp3) is 0.833. The van der Waals surface area contributed by atoms with E-state index in [1.807, 2.05) is 34.6 Å². The van der Waals surface area contributed by atoms with E-state index in [0.29, 0.717) is 25.7 Å². The topological polar surface area (TPSA) is 110 Å². The van der Waals surface area contributed by atoms with Crippen molar-refractivity contribution in [3.05, 3.63) is 11.1 Å². The van der Waals surface area contributed by atoms with Crippen LogP contribution in [-0.4, -0.2) is 51.3 Å². The Balaban J connectivity index is 1.49. The van der Waals surface area contributed by atoms with Crippen LogP contribution < -0.4 is 0 Å². The van der Waals surface area contributed by atoms with E-state index < -0.39 is 28.6 Å². The summed E-state index contributed by atoms with van der Waals surface area (Å²) in [6.07, 6.45) is 1.59. The van der Waals surface area contributed by atoms with Crippen LogP contribution in [0.15, 0.2) is 11.1 Å². The lowest BCUT2D eigenvalue weighted by Crippen LogP contribution is -2.54. The summed E-state index contributed by atoms with van der Waals surface area (Å²) in [4.78, 5) is 39.9. The van der Waals surface area contributed by atoms with Gasteiger partial charge in [-0.2, -0.15) is 0 Å². The molecule has 2 saturated heterocycles. The molecular formula is C30H40O7. The third-order valence-electron chi connectivity index (χ3n) is 12.8. The molecule has 5 aliphatic carbocycles. The minimum atomic E-state index is -1.08. The molecule has 2 aliphatic heterocycles. The second-order valence-corrected chi connectivity index (χ2v) is 14.2. The fourth-order valence-electron chi connectivity index (χ4n) is 11.4. The SMILES string of the molecule is CC1=C2[C@H]3OC(=O)[C@@H](C)C3CC[C@](C)(O)[C@@H]2[C@H]2C3C(=O)C(C)C4([C@@H]3[C@@](C)(O)CCC3[C@H](C)C(=O)O[C@@H]34)[C@@H]12. The first-order chi connectivity index (χ1) is 17.3. The van der Waals surface area contributed by atoms with E-state index in [9.17, 15) is 24.6 Å². The fourth-order valence-corrected chi connectivity index (χ4v) is 11.4. The third kappa shape index (κ3) is 2.55. The summed E-state index contributed by atoms with van der Waals surface area (Å²) in [6, 6.07) is 0. The highest BCUT2D eigenvalue weighted by Crippen LogP contribution is 2.79. The summed E-state index contributed by atoms with van der Waals surface area (Å²) in [5, 5.41) is 24.1. The second-order valence-electron chi connectivity index (χ2n) is 14.2. The van der Waals surface area contributed by atoms with E-state index in [1.54, 1.807) is 0 Å². The number of hydrogen-bond acceptors (Lipinski definition) is 7. The second kappa shape index (κ2) is 7.07. The van der Waals surface area contributed by atoms with Crippen LogP contribution in [-0.2, 0) is 23.9 Å². The van der Waals surface area contributed by atoms with E-state index in [4.69, 9.17) is 9.47 Å². The molecule has 7 aliphatic rings. The number of hydrogen-bond donors (Lipinski definition) is 2. The lowest BCUT2D eigenvalue weighted by Gasteiger charge is -2.49. The summed E-state index contributed by atoms with van der Waals surface area (Å²) in [6.45, 7) is 11.7. The van der Waals surface area contributed by atoms with Gasteiger partial charge in [-0.3, -0.25) is 14.4 Å². The predicted molar refractivity (Wildman–Crippen MR) is 132 cm³/mol. The minimum Gasteiger partial charge on any atom is -0.461 e. The number of allylic oxidation sites excluding steroid dienone is 1. The van der Waals surface area contributed by atoms with Crippen molar-refractivity contribution >= 4 is 17.7 Å². The number of Topliss-reactive ketones (excluding diaryl/α,β-unsaturated/α-hetero) is 1. The van der Waals surface area contributed by atoms with E-state index in [0.717, 1.165) is 11.1 Å². The molecule has 15 atom stereocenters. The lowest BCUT2D eigenvalue weighted by atomic mass is 9.56. The van der Waals surface area contributed by atoms with Crippen LogP contribution in [0, 0.1) is 64.6 Å². The summed E-state index contributed by atoms with van der Waals surface area (Å²) >= 11 is 0. The van der Waals surface area contributed by atoms with Crippen LogP contribution >= 0.6 is 0 Å². The monoisotopic (exact) mass is 512 g/mol. The van der Waals surface area contributed by atoms with E-state index in [2.05, 4.69) is 6.92 Å². The zero-order valence-electron chi connectivity index (χ0n) is 22.7. The number of rotatable bonds is 0. The zero-order valence-corrected chi connectivity index (χ0v) is 22.7. The summed E-state index contributed by atoms with van der Waals surface area (Å²) in [5.41, 5.74) is -0.794. The maximum absolute atomic E-state index is 14.2. The molecule has 202 valence electrons. The highest BCUT2D eigenvalue weighted by molar-refractivity contribution is 5.91. The van der Waals surface area contributed by atoms with Crippen LogP contribution in [0.3, 0.4) is 0 Å². The Hall–Kier alpha value is -1.73. The normalized spacial score (nSPS) is 59.7. The first-order valence-electron chi connectivity index (χ1n) is 14.4. The van der Waals surface area contributed by atoms with Crippen LogP contribution in [0.4, 0.5) is 0 Å². The summed E-state index contributed by atoms with van der Waals surface area (Å²) in [7, 11) is 0. The van der Waals surface area contributed by atoms with Gasteiger partial charge in [-0.25, -0.2) is 0 Å². The van der Waals surface area contributed by atoms with Crippen LogP contribution in [0.25, 0.3) is 0 Å². The minimum absolute atomic E-state index is 0.00106. The molecule has 7 heteroatoms. The largest absolute Gasteiger partial charge is 0.461 e. The molecule has 4 saturated carbocycles. The maximum atomic E-state index is 14.2. The first-order valence-corrected chi connectivity index (χ1v) is 14.4. The Morgan fingerprint density at radius 3 is 2.14 bits per heavy atom. The van der Waals surface area contributed by atoms with Gasteiger partial charge in [0.15, 0.2) is 0 Å². The standard InChI is InChI=1S/C30H40O7/c1-11-15-7-9-28(5,34)21-17(23(15)36-26(11)32)13(3)20-18(21)19-22(31)14(4)30(20)24(19)29(6,35)10-8-16-12(2)27(33)37-25(16)30/h11-12,14-16,18-21,23-25,34-35H,7-10H2,1-6H3/t11-,12-,14?,15?,16?,18-,19?,20-,21-,23-,24-,25-,28-,29-,30?/m0/s1. The van der Waals surface area contributed by atoms with E-state index >= 15 is 0 Å². The molecule has 0 aromatic heterocycles. The predicted octanol–water partition coefficient (Wildman–Crippen LogP) is 3.06. The molecule has 0 amide bonds. The van der Waals surface area contributed by atoms with Crippen molar-refractivity contribution in [1.82, 2.24) is 0 Å². The molecular weight excluding hydrogens is 472 g/mol. The Morgan fingerprint density at radius 2 is 1.43 bits per heavy atom. The highest BCUT2D eigenvalue weighted by Gasteiger charge is 2.83. The first kappa shape index (κ1) is 24.3.